The molecule has 2 rings (SSSR count). The Morgan fingerprint density at radius 3 is 2.65 bits per heavy atom. The van der Waals surface area contributed by atoms with Crippen molar-refractivity contribution in [1.29, 1.82) is 5.26 Å². The van der Waals surface area contributed by atoms with Gasteiger partial charge in [0.2, 0.25) is 0 Å². The number of benzene rings is 1. The van der Waals surface area contributed by atoms with E-state index in [4.69, 9.17) is 5.26 Å². The highest BCUT2D eigenvalue weighted by Crippen LogP contribution is 2.10. The lowest BCUT2D eigenvalue weighted by atomic mass is 10.2. The summed E-state index contributed by atoms with van der Waals surface area (Å²) in [5.41, 5.74) is 1.48. The van der Waals surface area contributed by atoms with Gasteiger partial charge in [-0.1, -0.05) is 24.3 Å². The van der Waals surface area contributed by atoms with Crippen LogP contribution in [0.25, 0.3) is 12.2 Å². The Morgan fingerprint density at radius 1 is 1.06 bits per heavy atom. The molecule has 0 saturated carbocycles. The van der Waals surface area contributed by atoms with Crippen molar-refractivity contribution in [1.82, 2.24) is 4.98 Å². The van der Waals surface area contributed by atoms with Crippen LogP contribution in [-0.2, 0) is 0 Å². The quantitative estimate of drug-likeness (QED) is 0.785. The van der Waals surface area contributed by atoms with Crippen molar-refractivity contribution in [3.63, 3.8) is 0 Å². The molecule has 0 unspecified atom stereocenters. The number of nitrogens with zero attached hydrogens (tertiary/aromatic N) is 2. The molecular formula is C14H9FN2. The first kappa shape index (κ1) is 11.0. The Kier molecular flexibility index (Phi) is 3.27. The van der Waals surface area contributed by atoms with E-state index >= 15 is 0 Å². The van der Waals surface area contributed by atoms with Crippen LogP contribution in [0.4, 0.5) is 4.39 Å². The molecule has 0 aliphatic heterocycles. The van der Waals surface area contributed by atoms with Crippen LogP contribution in [-0.4, -0.2) is 4.98 Å². The average Bonchev–Trinajstić information content (AvgIpc) is 2.38. The molecule has 1 aromatic heterocycles. The molecule has 0 spiro atoms. The smallest absolute Gasteiger partial charge is 0.141 e. The summed E-state index contributed by atoms with van der Waals surface area (Å²) in [6, 6.07) is 13.6. The molecule has 0 bridgehead atoms. The van der Waals surface area contributed by atoms with Gasteiger partial charge >= 0.3 is 0 Å². The van der Waals surface area contributed by atoms with Gasteiger partial charge in [-0.15, -0.1) is 0 Å². The van der Waals surface area contributed by atoms with Crippen molar-refractivity contribution < 1.29 is 4.39 Å². The molecular weight excluding hydrogens is 215 g/mol. The summed E-state index contributed by atoms with van der Waals surface area (Å²) in [6.45, 7) is 0. The number of rotatable bonds is 2. The highest BCUT2D eigenvalue weighted by Gasteiger charge is 1.96. The highest BCUT2D eigenvalue weighted by molar-refractivity contribution is 5.68. The van der Waals surface area contributed by atoms with E-state index in [1.54, 1.807) is 48.6 Å². The molecule has 2 nitrogen and oxygen atoms in total. The first-order chi connectivity index (χ1) is 8.29. The van der Waals surface area contributed by atoms with E-state index in [1.165, 1.54) is 6.07 Å². The van der Waals surface area contributed by atoms with Gasteiger partial charge in [0, 0.05) is 5.56 Å². The van der Waals surface area contributed by atoms with E-state index in [0.717, 1.165) is 0 Å². The standard InChI is InChI=1S/C14H9FN2/c15-14-7-2-1-4-11(14)8-9-12-5-3-6-13(10-16)17-12/h1-9H. The van der Waals surface area contributed by atoms with Gasteiger partial charge in [0.15, 0.2) is 0 Å². The van der Waals surface area contributed by atoms with E-state index in [9.17, 15) is 4.39 Å². The van der Waals surface area contributed by atoms with Crippen molar-refractivity contribution in [2.45, 2.75) is 0 Å². The molecule has 1 aromatic carbocycles. The Hall–Kier alpha value is -2.47. The molecule has 3 heteroatoms. The zero-order chi connectivity index (χ0) is 12.1. The summed E-state index contributed by atoms with van der Waals surface area (Å²) in [4.78, 5) is 4.07. The Morgan fingerprint density at radius 2 is 1.88 bits per heavy atom. The maximum absolute atomic E-state index is 13.3. The minimum atomic E-state index is -0.278. The van der Waals surface area contributed by atoms with Crippen molar-refractivity contribution in [2.75, 3.05) is 0 Å². The molecule has 0 aliphatic carbocycles. The first-order valence-corrected chi connectivity index (χ1v) is 5.09. The maximum atomic E-state index is 13.3. The lowest BCUT2D eigenvalue weighted by Crippen LogP contribution is -1.85. The number of halogens is 1. The van der Waals surface area contributed by atoms with Crippen LogP contribution in [0.3, 0.4) is 0 Å². The van der Waals surface area contributed by atoms with Gasteiger partial charge in [-0.3, -0.25) is 0 Å². The van der Waals surface area contributed by atoms with E-state index < -0.39 is 0 Å². The van der Waals surface area contributed by atoms with Gasteiger partial charge < -0.3 is 0 Å². The van der Waals surface area contributed by atoms with Crippen molar-refractivity contribution in [2.24, 2.45) is 0 Å². The van der Waals surface area contributed by atoms with Crippen LogP contribution in [0, 0.1) is 17.1 Å². The monoisotopic (exact) mass is 224 g/mol. The Bertz CT molecular complexity index is 597. The molecule has 2 aromatic rings. The second-order valence-electron chi connectivity index (χ2n) is 3.41. The first-order valence-electron chi connectivity index (χ1n) is 5.09. The van der Waals surface area contributed by atoms with Crippen molar-refractivity contribution in [3.05, 3.63) is 65.2 Å². The van der Waals surface area contributed by atoms with Crippen LogP contribution >= 0.6 is 0 Å². The minimum absolute atomic E-state index is 0.278. The third kappa shape index (κ3) is 2.76. The van der Waals surface area contributed by atoms with Gasteiger partial charge in [-0.2, -0.15) is 5.26 Å². The van der Waals surface area contributed by atoms with Gasteiger partial charge in [0.05, 0.1) is 5.69 Å². The number of pyridine rings is 1. The lowest BCUT2D eigenvalue weighted by molar-refractivity contribution is 0.625. The number of hydrogen-bond acceptors (Lipinski definition) is 2. The van der Waals surface area contributed by atoms with Crippen molar-refractivity contribution >= 4 is 12.2 Å². The van der Waals surface area contributed by atoms with Crippen molar-refractivity contribution in [3.8, 4) is 6.07 Å². The molecule has 0 fully saturated rings. The Balaban J connectivity index is 2.27. The third-order valence-electron chi connectivity index (χ3n) is 2.22. The van der Waals surface area contributed by atoms with E-state index in [0.29, 0.717) is 17.0 Å². The molecule has 0 radical (unpaired) electrons. The molecule has 82 valence electrons. The van der Waals surface area contributed by atoms with Gasteiger partial charge in [0.1, 0.15) is 17.6 Å². The highest BCUT2D eigenvalue weighted by atomic mass is 19.1. The zero-order valence-corrected chi connectivity index (χ0v) is 8.97. The molecule has 1 heterocycles. The van der Waals surface area contributed by atoms with E-state index in [1.807, 2.05) is 6.07 Å². The number of nitriles is 1. The van der Waals surface area contributed by atoms with Crippen LogP contribution in [0.15, 0.2) is 42.5 Å². The van der Waals surface area contributed by atoms with E-state index in [2.05, 4.69) is 4.98 Å². The summed E-state index contributed by atoms with van der Waals surface area (Å²) >= 11 is 0. The third-order valence-corrected chi connectivity index (χ3v) is 2.22. The predicted molar refractivity (Wildman–Crippen MR) is 64.3 cm³/mol. The van der Waals surface area contributed by atoms with Crippen LogP contribution < -0.4 is 0 Å². The average molecular weight is 224 g/mol. The molecule has 17 heavy (non-hydrogen) atoms. The largest absolute Gasteiger partial charge is 0.238 e. The molecule has 0 amide bonds. The second kappa shape index (κ2) is 5.04. The summed E-state index contributed by atoms with van der Waals surface area (Å²) in [6.07, 6.45) is 3.32. The number of aromatic nitrogens is 1. The fourth-order valence-electron chi connectivity index (χ4n) is 1.39. The predicted octanol–water partition coefficient (Wildman–Crippen LogP) is 3.26. The fraction of sp³-hybridized carbons (Fsp3) is 0. The van der Waals surface area contributed by atoms with Crippen LogP contribution in [0.1, 0.15) is 17.0 Å². The summed E-state index contributed by atoms with van der Waals surface area (Å²) in [7, 11) is 0. The fourth-order valence-corrected chi connectivity index (χ4v) is 1.39. The number of hydrogen-bond donors (Lipinski definition) is 0. The second-order valence-corrected chi connectivity index (χ2v) is 3.41. The molecule has 0 N–H and O–H groups in total. The van der Waals surface area contributed by atoms with E-state index in [-0.39, 0.29) is 5.82 Å². The topological polar surface area (TPSA) is 36.7 Å². The summed E-state index contributed by atoms with van der Waals surface area (Å²) in [5, 5.41) is 8.69. The minimum Gasteiger partial charge on any atom is -0.238 e. The molecule has 0 saturated heterocycles. The van der Waals surface area contributed by atoms with Gasteiger partial charge in [0.25, 0.3) is 0 Å². The van der Waals surface area contributed by atoms with Gasteiger partial charge in [-0.05, 0) is 30.4 Å². The van der Waals surface area contributed by atoms with Gasteiger partial charge in [-0.25, -0.2) is 9.37 Å². The molecule has 0 aliphatic rings. The lowest BCUT2D eigenvalue weighted by Gasteiger charge is -1.96. The SMILES string of the molecule is N#Cc1cccc(C=Cc2ccccc2F)n1. The summed E-state index contributed by atoms with van der Waals surface area (Å²) < 4.78 is 13.3. The Labute approximate surface area is 98.7 Å². The summed E-state index contributed by atoms with van der Waals surface area (Å²) in [5.74, 6) is -0.278. The van der Waals surface area contributed by atoms with Crippen LogP contribution in [0.2, 0.25) is 0 Å². The van der Waals surface area contributed by atoms with Crippen LogP contribution in [0.5, 0.6) is 0 Å². The normalized spacial score (nSPS) is 10.4. The molecule has 0 atom stereocenters. The zero-order valence-electron chi connectivity index (χ0n) is 8.97. The maximum Gasteiger partial charge on any atom is 0.141 e.